The summed E-state index contributed by atoms with van der Waals surface area (Å²) in [6.07, 6.45) is 1.14. The summed E-state index contributed by atoms with van der Waals surface area (Å²) in [6.45, 7) is 4.07. The van der Waals surface area contributed by atoms with Gasteiger partial charge in [0.25, 0.3) is 0 Å². The van der Waals surface area contributed by atoms with Gasteiger partial charge in [-0.3, -0.25) is 0 Å². The van der Waals surface area contributed by atoms with Crippen molar-refractivity contribution >= 4 is 34.6 Å². The molecule has 3 rings (SSSR count). The summed E-state index contributed by atoms with van der Waals surface area (Å²) in [5.74, 6) is 0. The lowest BCUT2D eigenvalue weighted by Gasteiger charge is -2.37. The predicted molar refractivity (Wildman–Crippen MR) is 73.6 cm³/mol. The number of nitrogens with zero attached hydrogens (tertiary/aromatic N) is 1. The summed E-state index contributed by atoms with van der Waals surface area (Å²) in [4.78, 5) is 2.44. The van der Waals surface area contributed by atoms with Gasteiger partial charge in [0.15, 0.2) is 0 Å². The van der Waals surface area contributed by atoms with E-state index in [-0.39, 0.29) is 0 Å². The molecule has 0 saturated carbocycles. The Morgan fingerprint density at radius 1 is 1.18 bits per heavy atom. The lowest BCUT2D eigenvalue weighted by molar-refractivity contribution is 0.466. The molecule has 0 spiro atoms. The molecule has 1 unspecified atom stereocenters. The van der Waals surface area contributed by atoms with Crippen molar-refractivity contribution in [2.45, 2.75) is 12.5 Å². The van der Waals surface area contributed by atoms with Gasteiger partial charge >= 0.3 is 0 Å². The van der Waals surface area contributed by atoms with Crippen LogP contribution in [-0.2, 0) is 0 Å². The van der Waals surface area contributed by atoms with Crippen LogP contribution in [0.1, 0.15) is 6.42 Å². The van der Waals surface area contributed by atoms with Gasteiger partial charge in [0.1, 0.15) is 0 Å². The summed E-state index contributed by atoms with van der Waals surface area (Å²) in [5.41, 5.74) is 2.28. The van der Waals surface area contributed by atoms with Crippen molar-refractivity contribution < 1.29 is 0 Å². The number of nitrogens with one attached hydrogen (secondary N) is 2. The topological polar surface area (TPSA) is 27.3 Å². The second kappa shape index (κ2) is 4.56. The van der Waals surface area contributed by atoms with Crippen LogP contribution in [0.5, 0.6) is 0 Å². The molecule has 0 bridgehead atoms. The Hall–Kier alpha value is -0.640. The van der Waals surface area contributed by atoms with Crippen LogP contribution in [0.2, 0.25) is 10.0 Å². The maximum atomic E-state index is 6.13. The van der Waals surface area contributed by atoms with Crippen molar-refractivity contribution in [3.05, 3.63) is 22.2 Å². The molecule has 1 aromatic rings. The Bertz CT molecular complexity index is 436. The number of halogens is 2. The Kier molecular flexibility index (Phi) is 3.07. The Balaban J connectivity index is 2.05. The van der Waals surface area contributed by atoms with E-state index < -0.39 is 0 Å². The van der Waals surface area contributed by atoms with Gasteiger partial charge < -0.3 is 15.5 Å². The molecule has 0 aliphatic carbocycles. The molecule has 2 aliphatic rings. The van der Waals surface area contributed by atoms with E-state index in [9.17, 15) is 0 Å². The van der Waals surface area contributed by atoms with Gasteiger partial charge in [-0.05, 0) is 18.6 Å². The fourth-order valence-corrected chi connectivity index (χ4v) is 2.95. The van der Waals surface area contributed by atoms with Gasteiger partial charge in [-0.1, -0.05) is 23.2 Å². The molecule has 2 aliphatic heterocycles. The fraction of sp³-hybridized carbons (Fsp3) is 0.500. The Morgan fingerprint density at radius 3 is 2.88 bits per heavy atom. The van der Waals surface area contributed by atoms with E-state index in [4.69, 9.17) is 23.2 Å². The minimum Gasteiger partial charge on any atom is -0.383 e. The third-order valence-electron chi connectivity index (χ3n) is 3.49. The summed E-state index contributed by atoms with van der Waals surface area (Å²) in [6, 6.07) is 4.47. The normalized spacial score (nSPS) is 23.4. The number of piperazine rings is 1. The SMILES string of the molecule is Clc1cc2c(cc1Cl)N1CCNCC1CCN2. The lowest BCUT2D eigenvalue weighted by Crippen LogP contribution is -2.51. The van der Waals surface area contributed by atoms with Crippen LogP contribution >= 0.6 is 23.2 Å². The highest BCUT2D eigenvalue weighted by atomic mass is 35.5. The van der Waals surface area contributed by atoms with E-state index in [1.807, 2.05) is 12.1 Å². The highest BCUT2D eigenvalue weighted by Gasteiger charge is 2.27. The summed E-state index contributed by atoms with van der Waals surface area (Å²) in [5, 5.41) is 8.13. The standard InChI is InChI=1S/C12H15Cl2N3/c13-9-5-11-12(6-10(9)14)17-4-3-15-7-8(17)1-2-16-11/h5-6,8,15-16H,1-4,7H2. The zero-order valence-corrected chi connectivity index (χ0v) is 11.0. The first-order valence-corrected chi connectivity index (χ1v) is 6.71. The van der Waals surface area contributed by atoms with Gasteiger partial charge in [0.2, 0.25) is 0 Å². The number of benzene rings is 1. The summed E-state index contributed by atoms with van der Waals surface area (Å²) < 4.78 is 0. The highest BCUT2D eigenvalue weighted by Crippen LogP contribution is 2.37. The number of hydrogen-bond donors (Lipinski definition) is 2. The second-order valence-corrected chi connectivity index (χ2v) is 5.36. The monoisotopic (exact) mass is 271 g/mol. The Morgan fingerprint density at radius 2 is 2.00 bits per heavy atom. The molecular weight excluding hydrogens is 257 g/mol. The minimum absolute atomic E-state index is 0.551. The predicted octanol–water partition coefficient (Wildman–Crippen LogP) is 2.59. The molecule has 1 saturated heterocycles. The lowest BCUT2D eigenvalue weighted by atomic mass is 10.1. The van der Waals surface area contributed by atoms with Crippen molar-refractivity contribution in [3.8, 4) is 0 Å². The van der Waals surface area contributed by atoms with Crippen LogP contribution in [0.15, 0.2) is 12.1 Å². The molecule has 0 radical (unpaired) electrons. The van der Waals surface area contributed by atoms with Gasteiger partial charge in [0, 0.05) is 32.2 Å². The number of anilines is 2. The van der Waals surface area contributed by atoms with Crippen molar-refractivity contribution in [2.24, 2.45) is 0 Å². The first-order chi connectivity index (χ1) is 8.25. The smallest absolute Gasteiger partial charge is 0.0621 e. The molecule has 17 heavy (non-hydrogen) atoms. The van der Waals surface area contributed by atoms with Crippen molar-refractivity contribution in [2.75, 3.05) is 36.4 Å². The molecule has 1 atom stereocenters. The summed E-state index contributed by atoms with van der Waals surface area (Å²) >= 11 is 12.2. The van der Waals surface area contributed by atoms with Crippen molar-refractivity contribution in [1.29, 1.82) is 0 Å². The molecule has 0 amide bonds. The number of fused-ring (bicyclic) bond motifs is 3. The Labute approximate surface area is 111 Å². The molecular formula is C12H15Cl2N3. The maximum Gasteiger partial charge on any atom is 0.0621 e. The number of hydrogen-bond acceptors (Lipinski definition) is 3. The fourth-order valence-electron chi connectivity index (χ4n) is 2.62. The molecule has 1 aromatic carbocycles. The minimum atomic E-state index is 0.551. The zero-order valence-electron chi connectivity index (χ0n) is 9.47. The quantitative estimate of drug-likeness (QED) is 0.760. The van der Waals surface area contributed by atoms with Crippen molar-refractivity contribution in [1.82, 2.24) is 5.32 Å². The summed E-state index contributed by atoms with van der Waals surface area (Å²) in [7, 11) is 0. The molecule has 92 valence electrons. The van der Waals surface area contributed by atoms with E-state index in [2.05, 4.69) is 15.5 Å². The van der Waals surface area contributed by atoms with E-state index in [1.54, 1.807) is 0 Å². The van der Waals surface area contributed by atoms with E-state index in [0.717, 1.165) is 38.3 Å². The van der Waals surface area contributed by atoms with Gasteiger partial charge in [-0.2, -0.15) is 0 Å². The van der Waals surface area contributed by atoms with Gasteiger partial charge in [-0.15, -0.1) is 0 Å². The number of rotatable bonds is 0. The average molecular weight is 272 g/mol. The second-order valence-electron chi connectivity index (χ2n) is 4.55. The third-order valence-corrected chi connectivity index (χ3v) is 4.21. The van der Waals surface area contributed by atoms with Crippen LogP contribution in [-0.4, -0.2) is 32.2 Å². The average Bonchev–Trinajstić information content (AvgIpc) is 2.50. The molecule has 0 aromatic heterocycles. The van der Waals surface area contributed by atoms with Crippen LogP contribution in [0.25, 0.3) is 0 Å². The molecule has 2 heterocycles. The third kappa shape index (κ3) is 2.07. The largest absolute Gasteiger partial charge is 0.383 e. The van der Waals surface area contributed by atoms with E-state index >= 15 is 0 Å². The highest BCUT2D eigenvalue weighted by molar-refractivity contribution is 6.42. The van der Waals surface area contributed by atoms with E-state index in [0.29, 0.717) is 16.1 Å². The van der Waals surface area contributed by atoms with E-state index in [1.165, 1.54) is 5.69 Å². The molecule has 2 N–H and O–H groups in total. The van der Waals surface area contributed by atoms with Crippen LogP contribution in [0.4, 0.5) is 11.4 Å². The maximum absolute atomic E-state index is 6.13. The van der Waals surface area contributed by atoms with Crippen molar-refractivity contribution in [3.63, 3.8) is 0 Å². The first kappa shape index (κ1) is 11.5. The molecule has 1 fully saturated rings. The zero-order chi connectivity index (χ0) is 11.8. The van der Waals surface area contributed by atoms with Crippen LogP contribution in [0, 0.1) is 0 Å². The molecule has 5 heteroatoms. The molecule has 3 nitrogen and oxygen atoms in total. The van der Waals surface area contributed by atoms with Crippen LogP contribution < -0.4 is 15.5 Å². The first-order valence-electron chi connectivity index (χ1n) is 5.96. The van der Waals surface area contributed by atoms with Crippen LogP contribution in [0.3, 0.4) is 0 Å². The van der Waals surface area contributed by atoms with Gasteiger partial charge in [0.05, 0.1) is 21.4 Å². The van der Waals surface area contributed by atoms with Gasteiger partial charge in [-0.25, -0.2) is 0 Å².